The molecular formula is C24H31N3O2. The molecule has 2 amide bonds. The highest BCUT2D eigenvalue weighted by molar-refractivity contribution is 6.13. The maximum Gasteiger partial charge on any atom is 0.240 e. The lowest BCUT2D eigenvalue weighted by atomic mass is 10.0. The first-order chi connectivity index (χ1) is 13.9. The highest BCUT2D eigenvalue weighted by atomic mass is 16.2. The summed E-state index contributed by atoms with van der Waals surface area (Å²) < 4.78 is 0. The van der Waals surface area contributed by atoms with Gasteiger partial charge in [-0.3, -0.25) is 9.59 Å². The summed E-state index contributed by atoms with van der Waals surface area (Å²) in [4.78, 5) is 28.1. The Morgan fingerprint density at radius 3 is 2.24 bits per heavy atom. The molecule has 0 radical (unpaired) electrons. The summed E-state index contributed by atoms with van der Waals surface area (Å²) in [5.41, 5.74) is 2.98. The molecule has 2 aromatic rings. The number of rotatable bonds is 8. The number of aryl methyl sites for hydroxylation is 1. The van der Waals surface area contributed by atoms with Gasteiger partial charge >= 0.3 is 0 Å². The van der Waals surface area contributed by atoms with E-state index in [1.165, 1.54) is 0 Å². The van der Waals surface area contributed by atoms with Gasteiger partial charge in [0.2, 0.25) is 11.8 Å². The van der Waals surface area contributed by atoms with E-state index in [1.807, 2.05) is 56.3 Å². The van der Waals surface area contributed by atoms with Crippen LogP contribution in [0.5, 0.6) is 0 Å². The van der Waals surface area contributed by atoms with Crippen molar-refractivity contribution in [1.82, 2.24) is 5.32 Å². The molecule has 0 aromatic heterocycles. The minimum atomic E-state index is -0.951. The van der Waals surface area contributed by atoms with Gasteiger partial charge < -0.3 is 15.5 Å². The highest BCUT2D eigenvalue weighted by Crippen LogP contribution is 2.47. The fraction of sp³-hybridized carbons (Fsp3) is 0.417. The molecule has 0 bridgehead atoms. The zero-order valence-electron chi connectivity index (χ0n) is 17.8. The van der Waals surface area contributed by atoms with Crippen LogP contribution in [0.3, 0.4) is 0 Å². The number of hydrogen-bond donors (Lipinski definition) is 2. The third kappa shape index (κ3) is 4.44. The van der Waals surface area contributed by atoms with Crippen molar-refractivity contribution in [2.45, 2.75) is 46.6 Å². The van der Waals surface area contributed by atoms with Crippen LogP contribution in [0.2, 0.25) is 0 Å². The quantitative estimate of drug-likeness (QED) is 0.652. The lowest BCUT2D eigenvalue weighted by Gasteiger charge is -2.23. The first kappa shape index (κ1) is 20.9. The summed E-state index contributed by atoms with van der Waals surface area (Å²) in [7, 11) is 0. The van der Waals surface area contributed by atoms with Crippen LogP contribution in [-0.4, -0.2) is 24.9 Å². The predicted octanol–water partition coefficient (Wildman–Crippen LogP) is 4.44. The normalized spacial score (nSPS) is 15.3. The van der Waals surface area contributed by atoms with E-state index in [0.717, 1.165) is 35.6 Å². The molecule has 0 spiro atoms. The summed E-state index contributed by atoms with van der Waals surface area (Å²) in [6.07, 6.45) is 1.17. The molecule has 1 unspecified atom stereocenters. The standard InChI is InChI=1S/C24H31N3O2/c1-5-27(6-2)20-12-13-21(17(3)16-20)26-23(29)24(14-15-24)22(28)25-18(4)19-10-8-7-9-11-19/h7-13,16,18H,5-6,14-15H2,1-4H3,(H,25,28)(H,26,29). The van der Waals surface area contributed by atoms with Gasteiger partial charge in [-0.05, 0) is 69.9 Å². The molecule has 0 heterocycles. The predicted molar refractivity (Wildman–Crippen MR) is 118 cm³/mol. The van der Waals surface area contributed by atoms with Gasteiger partial charge in [-0.1, -0.05) is 30.3 Å². The summed E-state index contributed by atoms with van der Waals surface area (Å²) in [6, 6.07) is 15.7. The van der Waals surface area contributed by atoms with Crippen LogP contribution in [0, 0.1) is 12.3 Å². The monoisotopic (exact) mass is 393 g/mol. The van der Waals surface area contributed by atoms with Crippen molar-refractivity contribution in [2.75, 3.05) is 23.3 Å². The molecule has 1 fully saturated rings. The number of carbonyl (C=O) groups excluding carboxylic acids is 2. The maximum absolute atomic E-state index is 13.0. The SMILES string of the molecule is CCN(CC)c1ccc(NC(=O)C2(C(=O)NC(C)c3ccccc3)CC2)c(C)c1. The molecule has 1 atom stereocenters. The van der Waals surface area contributed by atoms with E-state index in [-0.39, 0.29) is 17.9 Å². The maximum atomic E-state index is 13.0. The van der Waals surface area contributed by atoms with E-state index >= 15 is 0 Å². The topological polar surface area (TPSA) is 61.4 Å². The van der Waals surface area contributed by atoms with E-state index in [1.54, 1.807) is 0 Å². The lowest BCUT2D eigenvalue weighted by molar-refractivity contribution is -0.134. The second-order valence-corrected chi connectivity index (χ2v) is 7.81. The number of nitrogens with zero attached hydrogens (tertiary/aromatic N) is 1. The summed E-state index contributed by atoms with van der Waals surface area (Å²) >= 11 is 0. The first-order valence-corrected chi connectivity index (χ1v) is 10.4. The zero-order valence-corrected chi connectivity index (χ0v) is 17.8. The fourth-order valence-corrected chi connectivity index (χ4v) is 3.66. The Balaban J connectivity index is 1.68. The molecule has 2 N–H and O–H groups in total. The van der Waals surface area contributed by atoms with Crippen molar-refractivity contribution in [3.8, 4) is 0 Å². The molecule has 29 heavy (non-hydrogen) atoms. The third-order valence-corrected chi connectivity index (χ3v) is 5.85. The van der Waals surface area contributed by atoms with Crippen molar-refractivity contribution in [2.24, 2.45) is 5.41 Å². The van der Waals surface area contributed by atoms with Gasteiger partial charge in [-0.15, -0.1) is 0 Å². The molecule has 0 aliphatic heterocycles. The number of nitrogens with one attached hydrogen (secondary N) is 2. The summed E-state index contributed by atoms with van der Waals surface area (Å²) in [5.74, 6) is -0.405. The minimum absolute atomic E-state index is 0.135. The Bertz CT molecular complexity index is 871. The number of anilines is 2. The molecular weight excluding hydrogens is 362 g/mol. The van der Waals surface area contributed by atoms with Gasteiger partial charge in [-0.2, -0.15) is 0 Å². The Hall–Kier alpha value is -2.82. The number of carbonyl (C=O) groups is 2. The molecule has 5 nitrogen and oxygen atoms in total. The van der Waals surface area contributed by atoms with Crippen molar-refractivity contribution in [3.63, 3.8) is 0 Å². The van der Waals surface area contributed by atoms with Crippen LogP contribution in [0.4, 0.5) is 11.4 Å². The smallest absolute Gasteiger partial charge is 0.240 e. The number of hydrogen-bond acceptors (Lipinski definition) is 3. The third-order valence-electron chi connectivity index (χ3n) is 5.85. The van der Waals surface area contributed by atoms with Crippen LogP contribution >= 0.6 is 0 Å². The average molecular weight is 394 g/mol. The van der Waals surface area contributed by atoms with Gasteiger partial charge in [0.05, 0.1) is 6.04 Å². The Labute approximate surface area is 173 Å². The highest BCUT2D eigenvalue weighted by Gasteiger charge is 2.56. The first-order valence-electron chi connectivity index (χ1n) is 10.4. The second-order valence-electron chi connectivity index (χ2n) is 7.81. The van der Waals surface area contributed by atoms with E-state index in [9.17, 15) is 9.59 Å². The molecule has 1 saturated carbocycles. The summed E-state index contributed by atoms with van der Waals surface area (Å²) in [6.45, 7) is 10.0. The van der Waals surface area contributed by atoms with E-state index in [4.69, 9.17) is 0 Å². The van der Waals surface area contributed by atoms with Crippen molar-refractivity contribution >= 4 is 23.2 Å². The lowest BCUT2D eigenvalue weighted by Crippen LogP contribution is -2.41. The van der Waals surface area contributed by atoms with E-state index in [0.29, 0.717) is 12.8 Å². The Morgan fingerprint density at radius 2 is 1.69 bits per heavy atom. The van der Waals surface area contributed by atoms with E-state index in [2.05, 4.69) is 35.4 Å². The molecule has 1 aliphatic rings. The molecule has 3 rings (SSSR count). The van der Waals surface area contributed by atoms with Gasteiger partial charge in [-0.25, -0.2) is 0 Å². The molecule has 1 aliphatic carbocycles. The van der Waals surface area contributed by atoms with Gasteiger partial charge in [0, 0.05) is 24.5 Å². The van der Waals surface area contributed by atoms with Gasteiger partial charge in [0.1, 0.15) is 5.41 Å². The van der Waals surface area contributed by atoms with Crippen LogP contribution in [-0.2, 0) is 9.59 Å². The molecule has 5 heteroatoms. The zero-order chi connectivity index (χ0) is 21.0. The molecule has 154 valence electrons. The number of amides is 2. The average Bonchev–Trinajstić information content (AvgIpc) is 3.53. The van der Waals surface area contributed by atoms with Crippen LogP contribution in [0.1, 0.15) is 50.8 Å². The largest absolute Gasteiger partial charge is 0.372 e. The van der Waals surface area contributed by atoms with Crippen LogP contribution < -0.4 is 15.5 Å². The van der Waals surface area contributed by atoms with Gasteiger partial charge in [0.25, 0.3) is 0 Å². The van der Waals surface area contributed by atoms with Crippen LogP contribution in [0.15, 0.2) is 48.5 Å². The van der Waals surface area contributed by atoms with Crippen molar-refractivity contribution < 1.29 is 9.59 Å². The van der Waals surface area contributed by atoms with Crippen LogP contribution in [0.25, 0.3) is 0 Å². The fourth-order valence-electron chi connectivity index (χ4n) is 3.66. The second kappa shape index (κ2) is 8.68. The Morgan fingerprint density at radius 1 is 1.03 bits per heavy atom. The Kier molecular flexibility index (Phi) is 6.26. The summed E-state index contributed by atoms with van der Waals surface area (Å²) in [5, 5.41) is 6.00. The minimum Gasteiger partial charge on any atom is -0.372 e. The van der Waals surface area contributed by atoms with E-state index < -0.39 is 5.41 Å². The molecule has 2 aromatic carbocycles. The van der Waals surface area contributed by atoms with Crippen molar-refractivity contribution in [1.29, 1.82) is 0 Å². The molecule has 0 saturated heterocycles. The van der Waals surface area contributed by atoms with Gasteiger partial charge in [0.15, 0.2) is 0 Å². The van der Waals surface area contributed by atoms with Crippen molar-refractivity contribution in [3.05, 3.63) is 59.7 Å². The number of benzene rings is 2.